The van der Waals surface area contributed by atoms with E-state index < -0.39 is 97.0 Å². The predicted octanol–water partition coefficient (Wildman–Crippen LogP) is -2.69. The van der Waals surface area contributed by atoms with Gasteiger partial charge in [0.1, 0.15) is 49.1 Å². The Morgan fingerprint density at radius 3 is 2.14 bits per heavy atom. The van der Waals surface area contributed by atoms with Crippen molar-refractivity contribution in [2.75, 3.05) is 19.8 Å². The van der Waals surface area contributed by atoms with E-state index in [0.717, 1.165) is 35.7 Å². The molecule has 0 spiro atoms. The first-order valence-electron chi connectivity index (χ1n) is 17.1. The average molecular weight is 911 g/mol. The number of hydrogen-bond acceptors (Lipinski definition) is 17. The maximum Gasteiger partial charge on any atom is 2.00 e. The molecule has 2 aliphatic rings. The quantitative estimate of drug-likeness (QED) is 0.0397. The number of hydrogen-bond donors (Lipinski definition) is 10. The molecule has 2 aromatic heterocycles. The zero-order valence-corrected chi connectivity index (χ0v) is 35.3. The molecule has 1 aromatic carbocycles. The molecule has 0 saturated carbocycles. The van der Waals surface area contributed by atoms with Gasteiger partial charge in [0, 0.05) is 29.0 Å². The fraction of sp³-hybridized carbons (Fsp3) is 0.500. The third kappa shape index (κ3) is 13.7. The van der Waals surface area contributed by atoms with Gasteiger partial charge >= 0.3 is 60.1 Å². The van der Waals surface area contributed by atoms with Crippen LogP contribution < -0.4 is 0 Å². The number of thiophene rings is 1. The number of unbranched alkanes of at least 4 members (excludes halogenated alkanes) is 1. The van der Waals surface area contributed by atoms with Crippen LogP contribution >= 0.6 is 11.3 Å². The number of aliphatic hydroxyl groups is 7. The average Bonchev–Trinajstić information content (AvgIpc) is 3.89. The Labute approximate surface area is 374 Å². The van der Waals surface area contributed by atoms with Crippen LogP contribution in [0.15, 0.2) is 53.5 Å². The molecule has 0 unspecified atom stereocenters. The second-order valence-electron chi connectivity index (χ2n) is 12.7. The van der Waals surface area contributed by atoms with Crippen molar-refractivity contribution in [3.8, 4) is 5.69 Å². The molecule has 0 bridgehead atoms. The summed E-state index contributed by atoms with van der Waals surface area (Å²) in [6.45, 7) is -0.786. The van der Waals surface area contributed by atoms with Crippen LogP contribution in [0.25, 0.3) is 11.8 Å². The van der Waals surface area contributed by atoms with Crippen LogP contribution in [0, 0.1) is 0 Å². The number of aliphatic carboxylic acids is 1. The Balaban J connectivity index is 0. The van der Waals surface area contributed by atoms with Crippen molar-refractivity contribution < 1.29 is 101 Å². The molecule has 3 aromatic rings. The minimum Gasteiger partial charge on any atom is -1.00 e. The standard InChI is InChI=1S/C22H22N2O4S.C12H22O14S.Ca.2H2O.2H/c1-2-3-6-20-23-14-18(12-16(22(27)28)13-19-5-4-11-29-19)24(20)17-9-7-15(8-10-17)21(25)26;13-1-4-6(16)8(18)9(19)11(23-4)25-12(3-15)10(26-27(20,21)22)7(17)5(2-14)24-12;;;;;/h4-5,7-12,14H,2-3,6,13H2,1H3,(H,25,26)(H,27,28);4-11,13-19H,1-3H2,(H,20,21,22);;2*1H2;;/q;;+2;;;2*-1/b16-12+;;;;;;/t;4-,5-,6-,7-,8+,9-,10+,11-,12+;;;;;/m.1...../s1. The summed E-state index contributed by atoms with van der Waals surface area (Å²) in [5, 5.41) is 88.4. The van der Waals surface area contributed by atoms with Gasteiger partial charge in [-0.15, -0.1) is 11.3 Å². The van der Waals surface area contributed by atoms with Crippen molar-refractivity contribution in [2.24, 2.45) is 0 Å². The molecule has 9 atom stereocenters. The van der Waals surface area contributed by atoms with Gasteiger partial charge < -0.3 is 74.0 Å². The molecular weight excluding hydrogens is 861 g/mol. The number of ether oxygens (including phenoxy) is 3. The van der Waals surface area contributed by atoms with Crippen LogP contribution in [0.4, 0.5) is 0 Å². The molecule has 4 heterocycles. The summed E-state index contributed by atoms with van der Waals surface area (Å²) in [7, 11) is -5.19. The molecule has 5 rings (SSSR count). The molecule has 2 saturated heterocycles. The Morgan fingerprint density at radius 2 is 1.63 bits per heavy atom. The number of imidazole rings is 1. The molecule has 22 nitrogen and oxygen atoms in total. The van der Waals surface area contributed by atoms with E-state index in [1.165, 1.54) is 11.3 Å². The zero-order chi connectivity index (χ0) is 41.4. The first-order chi connectivity index (χ1) is 26.5. The van der Waals surface area contributed by atoms with E-state index in [9.17, 15) is 53.8 Å². The largest absolute Gasteiger partial charge is 2.00 e. The number of benzene rings is 1. The van der Waals surface area contributed by atoms with E-state index in [0.29, 0.717) is 12.1 Å². The Morgan fingerprint density at radius 1 is 0.983 bits per heavy atom. The van der Waals surface area contributed by atoms with Crippen molar-refractivity contribution in [1.29, 1.82) is 0 Å². The van der Waals surface area contributed by atoms with Crippen molar-refractivity contribution in [3.63, 3.8) is 0 Å². The summed E-state index contributed by atoms with van der Waals surface area (Å²) >= 11 is 1.52. The summed E-state index contributed by atoms with van der Waals surface area (Å²) < 4.78 is 52.6. The van der Waals surface area contributed by atoms with Crippen LogP contribution in [0.5, 0.6) is 0 Å². The van der Waals surface area contributed by atoms with Gasteiger partial charge in [-0.3, -0.25) is 9.12 Å². The number of carboxylic acid groups (broad SMARTS) is 2. The van der Waals surface area contributed by atoms with Crippen molar-refractivity contribution in [3.05, 3.63) is 75.5 Å². The van der Waals surface area contributed by atoms with Gasteiger partial charge in [-0.1, -0.05) is 19.4 Å². The number of carboxylic acids is 2. The Bertz CT molecular complexity index is 1910. The third-order valence-electron chi connectivity index (χ3n) is 8.80. The van der Waals surface area contributed by atoms with E-state index in [-0.39, 0.29) is 62.7 Å². The zero-order valence-electron chi connectivity index (χ0n) is 33.4. The molecule has 0 amide bonds. The fourth-order valence-electron chi connectivity index (χ4n) is 5.91. The van der Waals surface area contributed by atoms with Gasteiger partial charge in [-0.05, 0) is 48.2 Å². The number of aromatic carboxylic acids is 1. The number of aryl methyl sites for hydroxylation is 1. The number of carbonyl (C=O) groups is 2. The molecule has 14 N–H and O–H groups in total. The maximum atomic E-state index is 11.8. The number of nitrogens with zero attached hydrogens (tertiary/aromatic N) is 2. The molecule has 330 valence electrons. The Hall–Kier alpha value is -2.54. The fourth-order valence-corrected chi connectivity index (χ4v) is 7.16. The second kappa shape index (κ2) is 24.2. The van der Waals surface area contributed by atoms with Crippen LogP contribution in [0.3, 0.4) is 0 Å². The molecule has 2 aliphatic heterocycles. The summed E-state index contributed by atoms with van der Waals surface area (Å²) in [4.78, 5) is 28.5. The molecule has 0 radical (unpaired) electrons. The van der Waals surface area contributed by atoms with Crippen LogP contribution in [0.2, 0.25) is 0 Å². The summed E-state index contributed by atoms with van der Waals surface area (Å²) in [5.74, 6) is -3.71. The molecule has 59 heavy (non-hydrogen) atoms. The monoisotopic (exact) mass is 910 g/mol. The third-order valence-corrected chi connectivity index (χ3v) is 10.1. The second-order valence-corrected chi connectivity index (χ2v) is 14.8. The summed E-state index contributed by atoms with van der Waals surface area (Å²) in [5.41, 5.74) is 1.89. The summed E-state index contributed by atoms with van der Waals surface area (Å²) in [6.07, 6.45) is -8.01. The maximum absolute atomic E-state index is 11.8. The van der Waals surface area contributed by atoms with E-state index in [4.69, 9.17) is 29.0 Å². The van der Waals surface area contributed by atoms with Crippen LogP contribution in [-0.4, -0.2) is 204 Å². The van der Waals surface area contributed by atoms with Gasteiger partial charge in [-0.25, -0.2) is 18.8 Å². The van der Waals surface area contributed by atoms with Crippen molar-refractivity contribution >= 4 is 77.5 Å². The number of aromatic nitrogens is 2. The first kappa shape index (κ1) is 54.5. The van der Waals surface area contributed by atoms with E-state index in [2.05, 4.69) is 16.1 Å². The number of aliphatic hydroxyl groups excluding tert-OH is 7. The van der Waals surface area contributed by atoms with E-state index >= 15 is 0 Å². The van der Waals surface area contributed by atoms with E-state index in [1.807, 2.05) is 22.1 Å². The minimum absolute atomic E-state index is 0. The van der Waals surface area contributed by atoms with Crippen LogP contribution in [0.1, 0.15) is 49.4 Å². The predicted molar refractivity (Wildman–Crippen MR) is 207 cm³/mol. The van der Waals surface area contributed by atoms with Gasteiger partial charge in [0.15, 0.2) is 12.4 Å². The van der Waals surface area contributed by atoms with Gasteiger partial charge in [0.2, 0.25) is 5.79 Å². The minimum atomic E-state index is -5.19. The van der Waals surface area contributed by atoms with Crippen LogP contribution in [-0.2, 0) is 46.4 Å². The summed E-state index contributed by atoms with van der Waals surface area (Å²) in [6, 6.07) is 10.3. The normalized spacial score (nSPS) is 26.7. The SMILES string of the molecule is CCCCc1ncc(/C=C(\Cc2cccs2)C(=O)O)n1-c1ccc(C(=O)O)cc1.O.O.O=S(=O)(O)O[C@H]1[C@H](O)[C@@H](CO)O[C@@]1(CO)O[C@H]1O[C@H](CO)[C@@H](O)[C@H](O)[C@H]1O.[Ca+2].[H-].[H-]. The smallest absolute Gasteiger partial charge is 1.00 e. The van der Waals surface area contributed by atoms with Gasteiger partial charge in [-0.2, -0.15) is 8.42 Å². The molecule has 25 heteroatoms. The molecular formula is C34H50CaN2O20S2. The number of rotatable bonds is 16. The van der Waals surface area contributed by atoms with Crippen molar-refractivity contribution in [1.82, 2.24) is 9.55 Å². The Kier molecular flexibility index (Phi) is 22.3. The van der Waals surface area contributed by atoms with Gasteiger partial charge in [0.25, 0.3) is 0 Å². The first-order valence-corrected chi connectivity index (χ1v) is 19.3. The topological polar surface area (TPSA) is 388 Å². The van der Waals surface area contributed by atoms with Gasteiger partial charge in [0.05, 0.1) is 30.7 Å². The van der Waals surface area contributed by atoms with E-state index in [1.54, 1.807) is 36.5 Å². The van der Waals surface area contributed by atoms with Crippen molar-refractivity contribution in [2.45, 2.75) is 87.4 Å². The molecule has 0 aliphatic carbocycles. The molecule has 2 fully saturated rings.